The molecule has 0 radical (unpaired) electrons. The molecule has 0 aliphatic rings. The molecule has 0 fully saturated rings. The van der Waals surface area contributed by atoms with E-state index in [0.29, 0.717) is 18.0 Å². The molecule has 1 aromatic rings. The third kappa shape index (κ3) is 6.17. The predicted octanol–water partition coefficient (Wildman–Crippen LogP) is 4.33. The molecule has 21 heavy (non-hydrogen) atoms. The quantitative estimate of drug-likeness (QED) is 0.823. The molecule has 0 saturated heterocycles. The van der Waals surface area contributed by atoms with Gasteiger partial charge in [0, 0.05) is 30.7 Å². The lowest BCUT2D eigenvalue weighted by Crippen LogP contribution is -2.35. The van der Waals surface area contributed by atoms with Crippen LogP contribution < -0.4 is 0 Å². The highest BCUT2D eigenvalue weighted by Crippen LogP contribution is 2.20. The van der Waals surface area contributed by atoms with Crippen LogP contribution in [0.2, 0.25) is 5.02 Å². The lowest BCUT2D eigenvalue weighted by atomic mass is 9.97. The largest absolute Gasteiger partial charge is 0.444 e. The van der Waals surface area contributed by atoms with E-state index in [-0.39, 0.29) is 12.0 Å². The summed E-state index contributed by atoms with van der Waals surface area (Å²) < 4.78 is 5.30. The van der Waals surface area contributed by atoms with Crippen molar-refractivity contribution in [2.75, 3.05) is 13.6 Å². The number of carbonyl (C=O) groups excluding carboxylic acids is 1. The Bertz CT molecular complexity index is 480. The van der Waals surface area contributed by atoms with Crippen LogP contribution >= 0.6 is 11.6 Å². The average molecular weight is 311 g/mol. The van der Waals surface area contributed by atoms with Gasteiger partial charge in [-0.3, -0.25) is 0 Å². The Kier molecular flexibility index (Phi) is 6.21. The molecule has 1 aromatic carbocycles. The van der Waals surface area contributed by atoms with Crippen LogP contribution in [0.15, 0.2) is 24.3 Å². The van der Waals surface area contributed by atoms with Gasteiger partial charge in [0.2, 0.25) is 0 Å². The van der Waals surface area contributed by atoms with Gasteiger partial charge in [-0.15, -0.1) is 0 Å². The first kappa shape index (κ1) is 17.5. The molecule has 0 spiro atoms. The summed E-state index contributed by atoms with van der Waals surface area (Å²) >= 11 is 5.86. The van der Waals surface area contributed by atoms with E-state index >= 15 is 0 Å². The molecule has 0 aliphatic carbocycles. The van der Waals surface area contributed by atoms with Gasteiger partial charge in [0.1, 0.15) is 5.60 Å². The zero-order valence-electron chi connectivity index (χ0n) is 13.0. The second kappa shape index (κ2) is 7.46. The number of hydrogen-bond donors (Lipinski definition) is 1. The molecule has 4 nitrogen and oxygen atoms in total. The summed E-state index contributed by atoms with van der Waals surface area (Å²) in [5.74, 6) is -0.0350. The Balaban J connectivity index is 2.57. The lowest BCUT2D eigenvalue weighted by Gasteiger charge is -2.25. The van der Waals surface area contributed by atoms with Crippen molar-refractivity contribution in [1.82, 2.24) is 4.90 Å². The fourth-order valence-electron chi connectivity index (χ4n) is 1.82. The average Bonchev–Trinajstić information content (AvgIpc) is 2.39. The molecule has 0 aromatic heterocycles. The minimum atomic E-state index is -0.498. The van der Waals surface area contributed by atoms with Crippen LogP contribution in [-0.4, -0.2) is 36.4 Å². The summed E-state index contributed by atoms with van der Waals surface area (Å²) in [6, 6.07) is 7.44. The van der Waals surface area contributed by atoms with Crippen molar-refractivity contribution in [2.45, 2.75) is 38.7 Å². The Morgan fingerprint density at radius 1 is 1.38 bits per heavy atom. The van der Waals surface area contributed by atoms with Gasteiger partial charge in [0.25, 0.3) is 0 Å². The summed E-state index contributed by atoms with van der Waals surface area (Å²) in [5, 5.41) is 8.23. The van der Waals surface area contributed by atoms with E-state index < -0.39 is 5.60 Å². The fraction of sp³-hybridized carbons (Fsp3) is 0.500. The molecule has 5 heteroatoms. The maximum Gasteiger partial charge on any atom is 0.410 e. The molecule has 1 unspecified atom stereocenters. The number of amides is 1. The van der Waals surface area contributed by atoms with Crippen molar-refractivity contribution >= 4 is 23.9 Å². The zero-order chi connectivity index (χ0) is 16.0. The number of carbonyl (C=O) groups is 1. The fourth-order valence-corrected chi connectivity index (χ4v) is 1.95. The number of benzene rings is 1. The number of nitrogens with zero attached hydrogens (tertiary/aromatic N) is 1. The van der Waals surface area contributed by atoms with Gasteiger partial charge in [-0.1, -0.05) is 23.7 Å². The minimum Gasteiger partial charge on any atom is -0.444 e. The van der Waals surface area contributed by atoms with Gasteiger partial charge in [0.05, 0.1) is 0 Å². The van der Waals surface area contributed by atoms with Gasteiger partial charge in [0.15, 0.2) is 0 Å². The highest BCUT2D eigenvalue weighted by atomic mass is 35.5. The van der Waals surface area contributed by atoms with Crippen molar-refractivity contribution in [2.24, 2.45) is 0 Å². The van der Waals surface area contributed by atoms with E-state index in [0.717, 1.165) is 5.56 Å². The zero-order valence-corrected chi connectivity index (χ0v) is 13.8. The molecule has 0 heterocycles. The van der Waals surface area contributed by atoms with Crippen molar-refractivity contribution in [3.63, 3.8) is 0 Å². The van der Waals surface area contributed by atoms with Crippen LogP contribution in [-0.2, 0) is 4.74 Å². The van der Waals surface area contributed by atoms with Crippen molar-refractivity contribution < 1.29 is 9.53 Å². The van der Waals surface area contributed by atoms with E-state index in [9.17, 15) is 4.79 Å². The second-order valence-electron chi connectivity index (χ2n) is 6.02. The Morgan fingerprint density at radius 3 is 2.43 bits per heavy atom. The van der Waals surface area contributed by atoms with Crippen LogP contribution in [0.1, 0.15) is 38.7 Å². The van der Waals surface area contributed by atoms with E-state index in [4.69, 9.17) is 21.7 Å². The third-order valence-corrected chi connectivity index (χ3v) is 3.23. The number of nitrogens with one attached hydrogen (secondary N) is 1. The number of hydrogen-bond acceptors (Lipinski definition) is 3. The van der Waals surface area contributed by atoms with Crippen LogP contribution in [0.5, 0.6) is 0 Å². The standard InChI is InChI=1S/C16H23ClN2O2/c1-16(2,3)21-15(20)19(4)10-9-13(11-18)12-5-7-14(17)8-6-12/h5-8,11,13,18H,9-10H2,1-4H3. The molecule has 0 saturated carbocycles. The van der Waals surface area contributed by atoms with E-state index in [1.54, 1.807) is 7.05 Å². The van der Waals surface area contributed by atoms with Gasteiger partial charge >= 0.3 is 6.09 Å². The summed E-state index contributed by atoms with van der Waals surface area (Å²) in [6.07, 6.45) is 1.72. The summed E-state index contributed by atoms with van der Waals surface area (Å²) in [5.41, 5.74) is 0.523. The Morgan fingerprint density at radius 2 is 1.95 bits per heavy atom. The third-order valence-electron chi connectivity index (χ3n) is 2.98. The van der Waals surface area contributed by atoms with Crippen LogP contribution in [0.4, 0.5) is 4.79 Å². The highest BCUT2D eigenvalue weighted by molar-refractivity contribution is 6.30. The highest BCUT2D eigenvalue weighted by Gasteiger charge is 2.20. The Hall–Kier alpha value is -1.55. The van der Waals surface area contributed by atoms with Crippen LogP contribution in [0.25, 0.3) is 0 Å². The minimum absolute atomic E-state index is 0.0350. The molecule has 1 N–H and O–H groups in total. The maximum atomic E-state index is 11.9. The second-order valence-corrected chi connectivity index (χ2v) is 6.45. The molecule has 1 atom stereocenters. The predicted molar refractivity (Wildman–Crippen MR) is 86.5 cm³/mol. The lowest BCUT2D eigenvalue weighted by molar-refractivity contribution is 0.0296. The van der Waals surface area contributed by atoms with Gasteiger partial charge in [-0.2, -0.15) is 0 Å². The van der Waals surface area contributed by atoms with Crippen LogP contribution in [0.3, 0.4) is 0 Å². The molecular weight excluding hydrogens is 288 g/mol. The smallest absolute Gasteiger partial charge is 0.410 e. The Labute approximate surface area is 131 Å². The monoisotopic (exact) mass is 310 g/mol. The van der Waals surface area contributed by atoms with Gasteiger partial charge < -0.3 is 15.0 Å². The van der Waals surface area contributed by atoms with Crippen molar-refractivity contribution in [3.05, 3.63) is 34.9 Å². The molecule has 0 bridgehead atoms. The summed E-state index contributed by atoms with van der Waals surface area (Å²) in [4.78, 5) is 13.4. The van der Waals surface area contributed by atoms with Crippen LogP contribution in [0, 0.1) is 5.41 Å². The molecule has 1 amide bonds. The van der Waals surface area contributed by atoms with Gasteiger partial charge in [-0.05, 0) is 44.9 Å². The first-order valence-electron chi connectivity index (χ1n) is 6.93. The molecule has 1 rings (SSSR count). The first-order valence-corrected chi connectivity index (χ1v) is 7.31. The first-order chi connectivity index (χ1) is 9.73. The molecular formula is C16H23ClN2O2. The number of rotatable bonds is 5. The number of halogens is 1. The van der Waals surface area contributed by atoms with E-state index in [2.05, 4.69) is 0 Å². The van der Waals surface area contributed by atoms with Crippen molar-refractivity contribution in [3.8, 4) is 0 Å². The van der Waals surface area contributed by atoms with E-state index in [1.165, 1.54) is 11.1 Å². The number of ether oxygens (including phenoxy) is 1. The topological polar surface area (TPSA) is 53.4 Å². The summed E-state index contributed by atoms with van der Waals surface area (Å²) in [6.45, 7) is 6.05. The molecule has 0 aliphatic heterocycles. The van der Waals surface area contributed by atoms with E-state index in [1.807, 2.05) is 45.0 Å². The van der Waals surface area contributed by atoms with Crippen molar-refractivity contribution in [1.29, 1.82) is 5.41 Å². The maximum absolute atomic E-state index is 11.9. The molecule has 116 valence electrons. The normalized spacial score (nSPS) is 12.6. The summed E-state index contributed by atoms with van der Waals surface area (Å²) in [7, 11) is 1.71. The van der Waals surface area contributed by atoms with Gasteiger partial charge in [-0.25, -0.2) is 4.79 Å². The SMILES string of the molecule is CN(CCC(C=N)c1ccc(Cl)cc1)C(=O)OC(C)(C)C.